The molecule has 0 saturated heterocycles. The largest absolute Gasteiger partial charge is 0.305 e. The van der Waals surface area contributed by atoms with Gasteiger partial charge in [0.1, 0.15) is 5.82 Å². The molecule has 76 valence electrons. The lowest BCUT2D eigenvalue weighted by Gasteiger charge is -2.35. The van der Waals surface area contributed by atoms with E-state index in [1.165, 1.54) is 6.07 Å². The highest BCUT2D eigenvalue weighted by molar-refractivity contribution is 5.23. The summed E-state index contributed by atoms with van der Waals surface area (Å²) < 4.78 is 12.9. The SMILES string of the molecule is CONC1CC(c2cccc(F)c2)C1. The summed E-state index contributed by atoms with van der Waals surface area (Å²) in [6.45, 7) is 0. The Kier molecular flexibility index (Phi) is 2.79. The summed E-state index contributed by atoms with van der Waals surface area (Å²) in [5, 5.41) is 0. The number of hydrogen-bond donors (Lipinski definition) is 1. The first kappa shape index (κ1) is 9.62. The van der Waals surface area contributed by atoms with Crippen molar-refractivity contribution in [3.05, 3.63) is 35.6 Å². The molecule has 1 aromatic carbocycles. The maximum atomic E-state index is 12.9. The summed E-state index contributed by atoms with van der Waals surface area (Å²) >= 11 is 0. The second kappa shape index (κ2) is 4.07. The lowest BCUT2D eigenvalue weighted by molar-refractivity contribution is 0.0284. The van der Waals surface area contributed by atoms with E-state index in [0.717, 1.165) is 18.4 Å². The Morgan fingerprint density at radius 2 is 2.21 bits per heavy atom. The Bertz CT molecular complexity index is 310. The van der Waals surface area contributed by atoms with Crippen molar-refractivity contribution in [2.75, 3.05) is 7.11 Å². The Morgan fingerprint density at radius 3 is 2.86 bits per heavy atom. The van der Waals surface area contributed by atoms with Gasteiger partial charge in [0.25, 0.3) is 0 Å². The zero-order chi connectivity index (χ0) is 9.97. The molecule has 1 fully saturated rings. The number of nitrogens with one attached hydrogen (secondary N) is 1. The summed E-state index contributed by atoms with van der Waals surface area (Å²) in [5.41, 5.74) is 4.00. The monoisotopic (exact) mass is 195 g/mol. The van der Waals surface area contributed by atoms with Crippen molar-refractivity contribution in [2.24, 2.45) is 0 Å². The molecule has 14 heavy (non-hydrogen) atoms. The van der Waals surface area contributed by atoms with Crippen LogP contribution in [-0.2, 0) is 4.84 Å². The molecular weight excluding hydrogens is 181 g/mol. The minimum absolute atomic E-state index is 0.148. The lowest BCUT2D eigenvalue weighted by Crippen LogP contribution is -2.39. The van der Waals surface area contributed by atoms with Crippen LogP contribution in [0.25, 0.3) is 0 Å². The van der Waals surface area contributed by atoms with E-state index < -0.39 is 0 Å². The van der Waals surface area contributed by atoms with Crippen LogP contribution in [0.15, 0.2) is 24.3 Å². The van der Waals surface area contributed by atoms with E-state index in [2.05, 4.69) is 5.48 Å². The van der Waals surface area contributed by atoms with Gasteiger partial charge in [-0.2, -0.15) is 5.48 Å². The second-order valence-electron chi connectivity index (χ2n) is 3.74. The molecule has 0 bridgehead atoms. The first-order valence-electron chi connectivity index (χ1n) is 4.83. The summed E-state index contributed by atoms with van der Waals surface area (Å²) in [6, 6.07) is 7.27. The Hall–Kier alpha value is -0.930. The lowest BCUT2D eigenvalue weighted by atomic mass is 9.76. The fourth-order valence-corrected chi connectivity index (χ4v) is 1.91. The number of hydroxylamine groups is 1. The third kappa shape index (κ3) is 1.94. The molecule has 1 N–H and O–H groups in total. The summed E-state index contributed by atoms with van der Waals surface area (Å²) in [5.74, 6) is 0.337. The normalized spacial score (nSPS) is 25.9. The van der Waals surface area contributed by atoms with Crippen molar-refractivity contribution in [2.45, 2.75) is 24.8 Å². The fourth-order valence-electron chi connectivity index (χ4n) is 1.91. The smallest absolute Gasteiger partial charge is 0.123 e. The third-order valence-electron chi connectivity index (χ3n) is 2.74. The van der Waals surface area contributed by atoms with Gasteiger partial charge >= 0.3 is 0 Å². The van der Waals surface area contributed by atoms with Gasteiger partial charge in [-0.25, -0.2) is 4.39 Å². The van der Waals surface area contributed by atoms with Gasteiger partial charge < -0.3 is 4.84 Å². The molecule has 0 unspecified atom stereocenters. The molecule has 2 nitrogen and oxygen atoms in total. The van der Waals surface area contributed by atoms with Crippen molar-refractivity contribution in [3.63, 3.8) is 0 Å². The number of rotatable bonds is 3. The Morgan fingerprint density at radius 1 is 1.43 bits per heavy atom. The van der Waals surface area contributed by atoms with Crippen LogP contribution in [0, 0.1) is 5.82 Å². The first-order valence-corrected chi connectivity index (χ1v) is 4.83. The number of benzene rings is 1. The van der Waals surface area contributed by atoms with Crippen LogP contribution in [0.5, 0.6) is 0 Å². The molecule has 3 heteroatoms. The van der Waals surface area contributed by atoms with Crippen LogP contribution in [0.4, 0.5) is 4.39 Å². The van der Waals surface area contributed by atoms with Gasteiger partial charge in [-0.05, 0) is 36.5 Å². The average molecular weight is 195 g/mol. The second-order valence-corrected chi connectivity index (χ2v) is 3.74. The summed E-state index contributed by atoms with van der Waals surface area (Å²) in [6.07, 6.45) is 2.05. The van der Waals surface area contributed by atoms with Crippen molar-refractivity contribution < 1.29 is 9.23 Å². The number of halogens is 1. The van der Waals surface area contributed by atoms with Crippen molar-refractivity contribution in [3.8, 4) is 0 Å². The topological polar surface area (TPSA) is 21.3 Å². The zero-order valence-corrected chi connectivity index (χ0v) is 8.16. The standard InChI is InChI=1S/C11H14FNO/c1-14-13-11-6-9(7-11)8-3-2-4-10(12)5-8/h2-5,9,11,13H,6-7H2,1H3. The molecule has 1 saturated carbocycles. The average Bonchev–Trinajstić information content (AvgIpc) is 2.10. The zero-order valence-electron chi connectivity index (χ0n) is 8.16. The van der Waals surface area contributed by atoms with E-state index >= 15 is 0 Å². The minimum Gasteiger partial charge on any atom is -0.305 e. The van der Waals surface area contributed by atoms with Gasteiger partial charge in [0.05, 0.1) is 7.11 Å². The molecular formula is C11H14FNO. The molecule has 1 aliphatic carbocycles. The highest BCUT2D eigenvalue weighted by atomic mass is 19.1. The molecule has 1 aromatic rings. The van der Waals surface area contributed by atoms with E-state index in [4.69, 9.17) is 4.84 Å². The van der Waals surface area contributed by atoms with Crippen molar-refractivity contribution >= 4 is 0 Å². The minimum atomic E-state index is -0.148. The Labute approximate surface area is 83.0 Å². The predicted octanol–water partition coefficient (Wildman–Crippen LogP) is 2.22. The quantitative estimate of drug-likeness (QED) is 0.747. The molecule has 2 rings (SSSR count). The predicted molar refractivity (Wildman–Crippen MR) is 52.3 cm³/mol. The molecule has 0 spiro atoms. The Balaban J connectivity index is 1.93. The van der Waals surface area contributed by atoms with Crippen molar-refractivity contribution in [1.29, 1.82) is 0 Å². The third-order valence-corrected chi connectivity index (χ3v) is 2.74. The van der Waals surface area contributed by atoms with Gasteiger partial charge in [0.2, 0.25) is 0 Å². The highest BCUT2D eigenvalue weighted by Crippen LogP contribution is 2.36. The van der Waals surface area contributed by atoms with Gasteiger partial charge in [0.15, 0.2) is 0 Å². The maximum Gasteiger partial charge on any atom is 0.123 e. The molecule has 0 aliphatic heterocycles. The van der Waals surface area contributed by atoms with Crippen LogP contribution in [0.2, 0.25) is 0 Å². The fraction of sp³-hybridized carbons (Fsp3) is 0.455. The molecule has 0 radical (unpaired) electrons. The van der Waals surface area contributed by atoms with Crippen LogP contribution in [0.1, 0.15) is 24.3 Å². The van der Waals surface area contributed by atoms with E-state index in [9.17, 15) is 4.39 Å². The van der Waals surface area contributed by atoms with Crippen molar-refractivity contribution in [1.82, 2.24) is 5.48 Å². The van der Waals surface area contributed by atoms with Gasteiger partial charge in [-0.3, -0.25) is 0 Å². The first-order chi connectivity index (χ1) is 6.79. The van der Waals surface area contributed by atoms with Crippen LogP contribution in [0.3, 0.4) is 0 Å². The molecule has 0 aromatic heterocycles. The van der Waals surface area contributed by atoms with Gasteiger partial charge in [-0.1, -0.05) is 12.1 Å². The van der Waals surface area contributed by atoms with Gasteiger partial charge in [0, 0.05) is 6.04 Å². The summed E-state index contributed by atoms with van der Waals surface area (Å²) in [7, 11) is 1.62. The molecule has 1 aliphatic rings. The maximum absolute atomic E-state index is 12.9. The molecule has 0 atom stereocenters. The van der Waals surface area contributed by atoms with Crippen LogP contribution >= 0.6 is 0 Å². The molecule has 0 heterocycles. The van der Waals surface area contributed by atoms with Crippen LogP contribution in [-0.4, -0.2) is 13.2 Å². The van der Waals surface area contributed by atoms with E-state index in [1.807, 2.05) is 6.07 Å². The highest BCUT2D eigenvalue weighted by Gasteiger charge is 2.30. The number of hydrogen-bond acceptors (Lipinski definition) is 2. The van der Waals surface area contributed by atoms with E-state index in [-0.39, 0.29) is 5.82 Å². The van der Waals surface area contributed by atoms with Gasteiger partial charge in [-0.15, -0.1) is 0 Å². The van der Waals surface area contributed by atoms with E-state index in [1.54, 1.807) is 19.2 Å². The van der Waals surface area contributed by atoms with E-state index in [0.29, 0.717) is 12.0 Å². The molecule has 0 amide bonds. The summed E-state index contributed by atoms with van der Waals surface area (Å²) in [4.78, 5) is 4.83. The van der Waals surface area contributed by atoms with Crippen LogP contribution < -0.4 is 5.48 Å².